The number of carbonyl (C=O) groups excluding carboxylic acids is 1. The van der Waals surface area contributed by atoms with E-state index < -0.39 is 6.10 Å². The molecule has 3 rings (SSSR count). The average Bonchev–Trinajstić information content (AvgIpc) is 2.74. The smallest absolute Gasteiger partial charge is 0.261 e. The number of hydrogen-bond acceptors (Lipinski definition) is 3. The third-order valence-corrected chi connectivity index (χ3v) is 6.08. The minimum atomic E-state index is -0.525. The molecule has 1 N–H and O–H groups in total. The van der Waals surface area contributed by atoms with Gasteiger partial charge in [0.15, 0.2) is 6.10 Å². The third-order valence-electron chi connectivity index (χ3n) is 6.08. The van der Waals surface area contributed by atoms with Gasteiger partial charge in [-0.3, -0.25) is 4.79 Å². The van der Waals surface area contributed by atoms with Crippen LogP contribution in [0.2, 0.25) is 0 Å². The number of fused-ring (bicyclic) bond motifs is 1. The van der Waals surface area contributed by atoms with Crippen molar-refractivity contribution in [1.82, 2.24) is 5.32 Å². The molecule has 0 fully saturated rings. The zero-order chi connectivity index (χ0) is 21.0. The fourth-order valence-electron chi connectivity index (χ4n) is 4.00. The van der Waals surface area contributed by atoms with Crippen LogP contribution in [0.25, 0.3) is 0 Å². The summed E-state index contributed by atoms with van der Waals surface area (Å²) in [6.07, 6.45) is 2.66. The van der Waals surface area contributed by atoms with Gasteiger partial charge in [-0.25, -0.2) is 0 Å². The van der Waals surface area contributed by atoms with Crippen molar-refractivity contribution in [2.45, 2.75) is 78.0 Å². The van der Waals surface area contributed by atoms with Crippen LogP contribution >= 0.6 is 0 Å². The second-order valence-electron chi connectivity index (χ2n) is 8.08. The summed E-state index contributed by atoms with van der Waals surface area (Å²) in [4.78, 5) is 13.2. The van der Waals surface area contributed by atoms with Crippen molar-refractivity contribution in [2.24, 2.45) is 0 Å². The lowest BCUT2D eigenvalue weighted by Crippen LogP contribution is -2.47. The number of nitrogens with one attached hydrogen (secondary N) is 1. The summed E-state index contributed by atoms with van der Waals surface area (Å²) < 4.78 is 12.5. The number of aryl methyl sites for hydroxylation is 2. The Balaban J connectivity index is 1.81. The summed E-state index contributed by atoms with van der Waals surface area (Å²) in [5, 5.41) is 3.26. The van der Waals surface area contributed by atoms with Gasteiger partial charge in [0.05, 0.1) is 6.04 Å². The Kier molecular flexibility index (Phi) is 6.51. The molecule has 1 amide bonds. The molecule has 1 aliphatic rings. The minimum absolute atomic E-state index is 0.0729. The Labute approximate surface area is 174 Å². The number of para-hydroxylation sites is 1. The van der Waals surface area contributed by atoms with E-state index in [0.717, 1.165) is 47.5 Å². The van der Waals surface area contributed by atoms with Crippen molar-refractivity contribution in [3.05, 3.63) is 59.2 Å². The maximum atomic E-state index is 13.2. The van der Waals surface area contributed by atoms with Crippen LogP contribution in [0.1, 0.15) is 69.2 Å². The average molecular weight is 396 g/mol. The molecule has 4 nitrogen and oxygen atoms in total. The molecule has 0 spiro atoms. The normalized spacial score (nSPS) is 18.3. The summed E-state index contributed by atoms with van der Waals surface area (Å²) >= 11 is 0. The summed E-state index contributed by atoms with van der Waals surface area (Å²) in [5.41, 5.74) is 2.95. The molecule has 0 bridgehead atoms. The molecular weight excluding hydrogens is 362 g/mol. The molecule has 4 heteroatoms. The molecule has 0 saturated carbocycles. The first-order chi connectivity index (χ1) is 13.9. The largest absolute Gasteiger partial charge is 0.487 e. The fraction of sp³-hybridized carbons (Fsp3) is 0.480. The first-order valence-electron chi connectivity index (χ1n) is 10.7. The van der Waals surface area contributed by atoms with Gasteiger partial charge in [-0.05, 0) is 56.4 Å². The Morgan fingerprint density at radius 3 is 2.59 bits per heavy atom. The summed E-state index contributed by atoms with van der Waals surface area (Å²) in [5.74, 6) is 1.57. The Hall–Kier alpha value is -2.49. The van der Waals surface area contributed by atoms with E-state index >= 15 is 0 Å². The van der Waals surface area contributed by atoms with Crippen molar-refractivity contribution < 1.29 is 14.3 Å². The zero-order valence-electron chi connectivity index (χ0n) is 18.2. The Bertz CT molecular complexity index is 857. The maximum absolute atomic E-state index is 13.2. The van der Waals surface area contributed by atoms with Crippen molar-refractivity contribution in [2.75, 3.05) is 0 Å². The first-order valence-corrected chi connectivity index (χ1v) is 10.7. The monoisotopic (exact) mass is 395 g/mol. The van der Waals surface area contributed by atoms with Gasteiger partial charge in [-0.1, -0.05) is 51.1 Å². The number of rotatable bonds is 7. The van der Waals surface area contributed by atoms with Crippen molar-refractivity contribution in [1.29, 1.82) is 0 Å². The van der Waals surface area contributed by atoms with Crippen LogP contribution in [0.15, 0.2) is 42.5 Å². The lowest BCUT2D eigenvalue weighted by Gasteiger charge is -2.42. The molecule has 2 atom stereocenters. The zero-order valence-corrected chi connectivity index (χ0v) is 18.2. The molecule has 2 aromatic carbocycles. The summed E-state index contributed by atoms with van der Waals surface area (Å²) in [6.45, 7) is 10.3. The van der Waals surface area contributed by atoms with Crippen LogP contribution in [0.4, 0.5) is 0 Å². The van der Waals surface area contributed by atoms with Gasteiger partial charge in [0.2, 0.25) is 0 Å². The van der Waals surface area contributed by atoms with Crippen molar-refractivity contribution >= 4 is 5.91 Å². The van der Waals surface area contributed by atoms with Gasteiger partial charge >= 0.3 is 0 Å². The van der Waals surface area contributed by atoms with E-state index in [1.54, 1.807) is 0 Å². The highest BCUT2D eigenvalue weighted by molar-refractivity contribution is 5.81. The molecule has 2 aromatic rings. The second-order valence-corrected chi connectivity index (χ2v) is 8.08. The van der Waals surface area contributed by atoms with E-state index in [1.165, 1.54) is 0 Å². The third kappa shape index (κ3) is 4.58. The molecule has 0 saturated heterocycles. The number of carbonyl (C=O) groups is 1. The van der Waals surface area contributed by atoms with Crippen LogP contribution in [-0.2, 0) is 4.79 Å². The van der Waals surface area contributed by atoms with Crippen LogP contribution < -0.4 is 14.8 Å². The van der Waals surface area contributed by atoms with E-state index in [1.807, 2.05) is 57.2 Å². The Morgan fingerprint density at radius 2 is 1.90 bits per heavy atom. The van der Waals surface area contributed by atoms with Crippen LogP contribution in [0, 0.1) is 13.8 Å². The highest BCUT2D eigenvalue weighted by atomic mass is 16.5. The first kappa shape index (κ1) is 21.2. The topological polar surface area (TPSA) is 47.6 Å². The van der Waals surface area contributed by atoms with Crippen LogP contribution in [0.3, 0.4) is 0 Å². The SMILES string of the molecule is CC[C@@H](Oc1cc(C)ccc1C)C(=O)N[C@H]1CC(CC)(CC)Oc2ccccc21. The molecule has 0 aromatic heterocycles. The predicted molar refractivity (Wildman–Crippen MR) is 117 cm³/mol. The van der Waals surface area contributed by atoms with E-state index in [0.29, 0.717) is 6.42 Å². The second kappa shape index (κ2) is 8.89. The van der Waals surface area contributed by atoms with E-state index in [-0.39, 0.29) is 17.6 Å². The fourth-order valence-corrected chi connectivity index (χ4v) is 4.00. The van der Waals surface area contributed by atoms with Gasteiger partial charge in [-0.15, -0.1) is 0 Å². The van der Waals surface area contributed by atoms with Gasteiger partial charge in [0.1, 0.15) is 17.1 Å². The minimum Gasteiger partial charge on any atom is -0.487 e. The molecule has 1 aliphatic heterocycles. The summed E-state index contributed by atoms with van der Waals surface area (Å²) in [6, 6.07) is 14.0. The van der Waals surface area contributed by atoms with Crippen LogP contribution in [-0.4, -0.2) is 17.6 Å². The highest BCUT2D eigenvalue weighted by Crippen LogP contribution is 2.42. The standard InChI is InChI=1S/C25H33NO3/c1-6-21(28-23-15-17(4)13-14-18(23)5)24(27)26-20-16-25(7-2,8-3)29-22-12-10-9-11-19(20)22/h9-15,20-21H,6-8,16H2,1-5H3,(H,26,27)/t20-,21+/m0/s1. The van der Waals surface area contributed by atoms with Gasteiger partial charge in [0.25, 0.3) is 5.91 Å². The molecular formula is C25H33NO3. The van der Waals surface area contributed by atoms with Gasteiger partial charge < -0.3 is 14.8 Å². The lowest BCUT2D eigenvalue weighted by atomic mass is 9.83. The molecule has 0 radical (unpaired) electrons. The summed E-state index contributed by atoms with van der Waals surface area (Å²) in [7, 11) is 0. The Morgan fingerprint density at radius 1 is 1.17 bits per heavy atom. The molecule has 29 heavy (non-hydrogen) atoms. The number of hydrogen-bond donors (Lipinski definition) is 1. The lowest BCUT2D eigenvalue weighted by molar-refractivity contribution is -0.129. The van der Waals surface area contributed by atoms with Crippen molar-refractivity contribution in [3.63, 3.8) is 0 Å². The molecule has 0 unspecified atom stereocenters. The molecule has 1 heterocycles. The van der Waals surface area contributed by atoms with Crippen molar-refractivity contribution in [3.8, 4) is 11.5 Å². The maximum Gasteiger partial charge on any atom is 0.261 e. The van der Waals surface area contributed by atoms with Crippen LogP contribution in [0.5, 0.6) is 11.5 Å². The van der Waals surface area contributed by atoms with Gasteiger partial charge in [0, 0.05) is 12.0 Å². The van der Waals surface area contributed by atoms with E-state index in [4.69, 9.17) is 9.47 Å². The number of benzene rings is 2. The quantitative estimate of drug-likeness (QED) is 0.658. The predicted octanol–water partition coefficient (Wildman–Crippen LogP) is 5.66. The molecule has 156 valence electrons. The van der Waals surface area contributed by atoms with Gasteiger partial charge in [-0.2, -0.15) is 0 Å². The van der Waals surface area contributed by atoms with E-state index in [2.05, 4.69) is 25.2 Å². The molecule has 0 aliphatic carbocycles. The van der Waals surface area contributed by atoms with E-state index in [9.17, 15) is 4.79 Å². The highest BCUT2D eigenvalue weighted by Gasteiger charge is 2.39. The number of amides is 1. The number of ether oxygens (including phenoxy) is 2.